The zero-order valence-corrected chi connectivity index (χ0v) is 15.7. The molecular weight excluding hydrogens is 421 g/mol. The fourth-order valence-electron chi connectivity index (χ4n) is 2.44. The lowest BCUT2D eigenvalue weighted by atomic mass is 10.1. The molecule has 0 saturated carbocycles. The molecule has 0 aliphatic heterocycles. The van der Waals surface area contributed by atoms with Crippen molar-refractivity contribution in [1.29, 1.82) is 0 Å². The zero-order chi connectivity index (χ0) is 20.7. The molecule has 148 valence electrons. The fraction of sp³-hybridized carbons (Fsp3) is 0.118. The monoisotopic (exact) mass is 432 g/mol. The van der Waals surface area contributed by atoms with Crippen LogP contribution in [0, 0.1) is 0 Å². The molecule has 1 aromatic heterocycles. The van der Waals surface area contributed by atoms with E-state index >= 15 is 0 Å². The first-order chi connectivity index (χ1) is 13.0. The number of halogens is 4. The first-order valence-corrected chi connectivity index (χ1v) is 9.48. The Bertz CT molecular complexity index is 1130. The summed E-state index contributed by atoms with van der Waals surface area (Å²) in [6, 6.07) is 9.21. The van der Waals surface area contributed by atoms with Crippen molar-refractivity contribution >= 4 is 21.6 Å². The molecule has 6 nitrogen and oxygen atoms in total. The number of aromatic nitrogens is 1. The molecule has 1 heterocycles. The number of alkyl halides is 3. The number of oxazole rings is 1. The van der Waals surface area contributed by atoms with Crippen LogP contribution >= 0.6 is 11.6 Å². The van der Waals surface area contributed by atoms with Gasteiger partial charge in [0, 0.05) is 11.1 Å². The van der Waals surface area contributed by atoms with Crippen molar-refractivity contribution in [3.05, 3.63) is 53.4 Å². The highest BCUT2D eigenvalue weighted by Crippen LogP contribution is 2.40. The Morgan fingerprint density at radius 2 is 1.71 bits per heavy atom. The van der Waals surface area contributed by atoms with Crippen LogP contribution in [0.5, 0.6) is 5.75 Å². The highest BCUT2D eigenvalue weighted by atomic mass is 35.5. The van der Waals surface area contributed by atoms with Crippen molar-refractivity contribution in [1.82, 2.24) is 4.98 Å². The Kier molecular flexibility index (Phi) is 5.13. The number of hydrogen-bond donors (Lipinski definition) is 1. The van der Waals surface area contributed by atoms with E-state index < -0.39 is 22.1 Å². The molecular formula is C17H12ClF3N2O4S. The van der Waals surface area contributed by atoms with Crippen LogP contribution in [0.2, 0.25) is 5.02 Å². The maximum absolute atomic E-state index is 13.1. The van der Waals surface area contributed by atoms with Crippen molar-refractivity contribution < 1.29 is 30.7 Å². The van der Waals surface area contributed by atoms with Crippen LogP contribution in [0.25, 0.3) is 22.6 Å². The van der Waals surface area contributed by atoms with Crippen molar-refractivity contribution in [2.24, 2.45) is 5.14 Å². The molecule has 0 fully saturated rings. The third-order valence-electron chi connectivity index (χ3n) is 3.74. The minimum absolute atomic E-state index is 0.111. The van der Waals surface area contributed by atoms with Gasteiger partial charge in [0.05, 0.1) is 17.0 Å². The molecule has 0 amide bonds. The molecule has 3 aromatic rings. The molecule has 2 N–H and O–H groups in total. The van der Waals surface area contributed by atoms with E-state index in [0.29, 0.717) is 5.75 Å². The molecule has 0 aliphatic rings. The van der Waals surface area contributed by atoms with Crippen LogP contribution in [-0.4, -0.2) is 20.5 Å². The van der Waals surface area contributed by atoms with E-state index in [1.165, 1.54) is 37.4 Å². The maximum atomic E-state index is 13.1. The van der Waals surface area contributed by atoms with Gasteiger partial charge in [-0.1, -0.05) is 11.6 Å². The molecule has 0 spiro atoms. The number of nitrogens with two attached hydrogens (primary N) is 1. The topological polar surface area (TPSA) is 95.4 Å². The van der Waals surface area contributed by atoms with Gasteiger partial charge in [0.25, 0.3) is 0 Å². The highest BCUT2D eigenvalue weighted by Gasteiger charge is 2.39. The number of rotatable bonds is 4. The van der Waals surface area contributed by atoms with Crippen LogP contribution in [0.4, 0.5) is 13.2 Å². The minimum Gasteiger partial charge on any atom is -0.495 e. The van der Waals surface area contributed by atoms with Gasteiger partial charge in [0.15, 0.2) is 5.76 Å². The van der Waals surface area contributed by atoms with Gasteiger partial charge in [-0.2, -0.15) is 13.2 Å². The van der Waals surface area contributed by atoms with Gasteiger partial charge in [0.2, 0.25) is 10.0 Å². The summed E-state index contributed by atoms with van der Waals surface area (Å²) in [6.07, 6.45) is -4.82. The summed E-state index contributed by atoms with van der Waals surface area (Å²) in [6.45, 7) is 0. The fourth-order valence-corrected chi connectivity index (χ4v) is 3.22. The Balaban J connectivity index is 2.18. The van der Waals surface area contributed by atoms with Gasteiger partial charge in [-0.05, 0) is 42.5 Å². The number of sulfonamides is 1. The lowest BCUT2D eigenvalue weighted by molar-refractivity contribution is -0.156. The number of benzene rings is 2. The number of nitrogens with zero attached hydrogens (tertiary/aromatic N) is 1. The number of methoxy groups -OCH3 is 1. The average Bonchev–Trinajstić information content (AvgIpc) is 3.07. The lowest BCUT2D eigenvalue weighted by Crippen LogP contribution is -2.11. The first-order valence-electron chi connectivity index (χ1n) is 7.56. The van der Waals surface area contributed by atoms with Gasteiger partial charge in [-0.25, -0.2) is 18.5 Å². The second-order valence-electron chi connectivity index (χ2n) is 5.61. The van der Waals surface area contributed by atoms with E-state index in [1.807, 2.05) is 0 Å². The van der Waals surface area contributed by atoms with E-state index in [1.54, 1.807) is 0 Å². The minimum atomic E-state index is -4.82. The van der Waals surface area contributed by atoms with Gasteiger partial charge >= 0.3 is 12.1 Å². The molecule has 0 unspecified atom stereocenters. The predicted octanol–water partition coefficient (Wildman–Crippen LogP) is 4.34. The summed E-state index contributed by atoms with van der Waals surface area (Å²) in [5, 5.41) is 5.21. The molecule has 0 atom stereocenters. The van der Waals surface area contributed by atoms with E-state index in [0.717, 1.165) is 12.1 Å². The molecule has 0 radical (unpaired) electrons. The summed E-state index contributed by atoms with van der Waals surface area (Å²) >= 11 is 6.06. The van der Waals surface area contributed by atoms with E-state index in [2.05, 4.69) is 4.98 Å². The second kappa shape index (κ2) is 7.12. The van der Waals surface area contributed by atoms with Crippen molar-refractivity contribution in [2.75, 3.05) is 7.11 Å². The lowest BCUT2D eigenvalue weighted by Gasteiger charge is -2.06. The molecule has 2 aromatic carbocycles. The molecule has 0 saturated heterocycles. The summed E-state index contributed by atoms with van der Waals surface area (Å²) in [5.41, 5.74) is 0.327. The van der Waals surface area contributed by atoms with Gasteiger partial charge in [-0.15, -0.1) is 0 Å². The summed E-state index contributed by atoms with van der Waals surface area (Å²) in [5.74, 6) is -1.31. The van der Waals surface area contributed by atoms with Crippen LogP contribution in [-0.2, 0) is 16.2 Å². The third kappa shape index (κ3) is 3.98. The molecule has 0 bridgehead atoms. The predicted molar refractivity (Wildman–Crippen MR) is 95.3 cm³/mol. The number of ether oxygens (including phenoxy) is 1. The Hall–Kier alpha value is -2.56. The smallest absolute Gasteiger partial charge is 0.468 e. The van der Waals surface area contributed by atoms with E-state index in [9.17, 15) is 21.6 Å². The van der Waals surface area contributed by atoms with Crippen molar-refractivity contribution in [3.63, 3.8) is 0 Å². The maximum Gasteiger partial charge on any atom is 0.468 e. The van der Waals surface area contributed by atoms with Crippen LogP contribution < -0.4 is 9.88 Å². The van der Waals surface area contributed by atoms with Gasteiger partial charge in [0.1, 0.15) is 11.4 Å². The molecule has 0 aliphatic carbocycles. The Morgan fingerprint density at radius 1 is 1.11 bits per heavy atom. The number of hydrogen-bond acceptors (Lipinski definition) is 5. The Morgan fingerprint density at radius 3 is 2.21 bits per heavy atom. The van der Waals surface area contributed by atoms with Crippen LogP contribution in [0.15, 0.2) is 51.8 Å². The van der Waals surface area contributed by atoms with Crippen LogP contribution in [0.3, 0.4) is 0 Å². The number of primary sulfonamides is 1. The van der Waals surface area contributed by atoms with E-state index in [4.69, 9.17) is 25.9 Å². The molecule has 3 rings (SSSR count). The first kappa shape index (κ1) is 20.2. The average molecular weight is 433 g/mol. The standard InChI is InChI=1S/C17H12ClF3N2O4S/c1-26-13-7-4-10(8-12(13)18)14-15(27-16(23-14)17(19,20)21)9-2-5-11(6-3-9)28(22,24)25/h2-8H,1H3,(H2,22,24,25). The quantitative estimate of drug-likeness (QED) is 0.661. The largest absolute Gasteiger partial charge is 0.495 e. The summed E-state index contributed by atoms with van der Waals surface area (Å²) < 4.78 is 72.1. The Labute approximate surface area is 162 Å². The van der Waals surface area contributed by atoms with Crippen molar-refractivity contribution in [3.8, 4) is 28.3 Å². The summed E-state index contributed by atoms with van der Waals surface area (Å²) in [7, 11) is -2.55. The molecule has 11 heteroatoms. The van der Waals surface area contributed by atoms with Gasteiger partial charge in [-0.3, -0.25) is 0 Å². The summed E-state index contributed by atoms with van der Waals surface area (Å²) in [4.78, 5) is 3.37. The third-order valence-corrected chi connectivity index (χ3v) is 4.96. The molecule has 28 heavy (non-hydrogen) atoms. The van der Waals surface area contributed by atoms with Crippen molar-refractivity contribution in [2.45, 2.75) is 11.1 Å². The van der Waals surface area contributed by atoms with E-state index in [-0.39, 0.29) is 32.5 Å². The highest BCUT2D eigenvalue weighted by molar-refractivity contribution is 7.89. The SMILES string of the molecule is COc1ccc(-c2nc(C(F)(F)F)oc2-c2ccc(S(N)(=O)=O)cc2)cc1Cl. The second-order valence-corrected chi connectivity index (χ2v) is 7.58. The zero-order valence-electron chi connectivity index (χ0n) is 14.1. The normalized spacial score (nSPS) is 12.2. The van der Waals surface area contributed by atoms with Crippen LogP contribution in [0.1, 0.15) is 5.89 Å². The van der Waals surface area contributed by atoms with Gasteiger partial charge < -0.3 is 9.15 Å².